The van der Waals surface area contributed by atoms with Gasteiger partial charge in [0, 0.05) is 22.6 Å². The van der Waals surface area contributed by atoms with Crippen molar-refractivity contribution in [3.63, 3.8) is 0 Å². The standard InChI is InChI=1S/C12H10N2O4S/c1-7-13-12(10(19-7)6-11(15)16)8-2-4-9(5-3-8)14(17)18/h2-5H,6H2,1H3,(H,15,16). The minimum absolute atomic E-state index is 0.00418. The Bertz CT molecular complexity index is 634. The third-order valence-electron chi connectivity index (χ3n) is 2.47. The van der Waals surface area contributed by atoms with Crippen LogP contribution < -0.4 is 0 Å². The Morgan fingerprint density at radius 3 is 2.58 bits per heavy atom. The molecule has 0 saturated heterocycles. The predicted octanol–water partition coefficient (Wildman–Crippen LogP) is 2.65. The highest BCUT2D eigenvalue weighted by molar-refractivity contribution is 7.12. The second kappa shape index (κ2) is 5.15. The van der Waals surface area contributed by atoms with E-state index in [1.807, 2.05) is 0 Å². The lowest BCUT2D eigenvalue weighted by Gasteiger charge is -2.00. The lowest BCUT2D eigenvalue weighted by Crippen LogP contribution is -1.99. The van der Waals surface area contributed by atoms with Gasteiger partial charge in [0.05, 0.1) is 22.0 Å². The summed E-state index contributed by atoms with van der Waals surface area (Å²) in [6.07, 6.45) is -0.0994. The van der Waals surface area contributed by atoms with Gasteiger partial charge in [0.2, 0.25) is 0 Å². The maximum absolute atomic E-state index is 10.8. The van der Waals surface area contributed by atoms with Crippen LogP contribution in [0.5, 0.6) is 0 Å². The highest BCUT2D eigenvalue weighted by Gasteiger charge is 2.15. The van der Waals surface area contributed by atoms with E-state index in [1.54, 1.807) is 19.1 Å². The van der Waals surface area contributed by atoms with Crippen molar-refractivity contribution in [1.29, 1.82) is 0 Å². The Morgan fingerprint density at radius 2 is 2.05 bits per heavy atom. The second-order valence-electron chi connectivity index (χ2n) is 3.88. The maximum atomic E-state index is 10.8. The molecule has 0 fully saturated rings. The number of thiazole rings is 1. The van der Waals surface area contributed by atoms with Gasteiger partial charge < -0.3 is 5.11 Å². The van der Waals surface area contributed by atoms with Crippen LogP contribution in [0.1, 0.15) is 9.88 Å². The molecule has 1 aromatic carbocycles. The first-order valence-electron chi connectivity index (χ1n) is 5.40. The molecule has 0 amide bonds. The van der Waals surface area contributed by atoms with Crippen LogP contribution in [-0.4, -0.2) is 21.0 Å². The molecular formula is C12H10N2O4S. The van der Waals surface area contributed by atoms with E-state index in [2.05, 4.69) is 4.98 Å². The molecule has 1 heterocycles. The molecule has 2 aromatic rings. The number of aromatic nitrogens is 1. The summed E-state index contributed by atoms with van der Waals surface area (Å²) in [6, 6.07) is 5.93. The van der Waals surface area contributed by atoms with Crippen LogP contribution >= 0.6 is 11.3 Å². The number of aliphatic carboxylic acids is 1. The fraction of sp³-hybridized carbons (Fsp3) is 0.167. The van der Waals surface area contributed by atoms with Gasteiger partial charge >= 0.3 is 5.97 Å². The minimum Gasteiger partial charge on any atom is -0.481 e. The minimum atomic E-state index is -0.924. The summed E-state index contributed by atoms with van der Waals surface area (Å²) in [5, 5.41) is 20.2. The number of hydrogen-bond donors (Lipinski definition) is 1. The Kier molecular flexibility index (Phi) is 3.57. The van der Waals surface area contributed by atoms with E-state index in [1.165, 1.54) is 23.5 Å². The van der Waals surface area contributed by atoms with Gasteiger partial charge in [-0.1, -0.05) is 0 Å². The number of aryl methyl sites for hydroxylation is 1. The zero-order valence-corrected chi connectivity index (χ0v) is 10.8. The molecule has 7 heteroatoms. The highest BCUT2D eigenvalue weighted by atomic mass is 32.1. The number of rotatable bonds is 4. The largest absolute Gasteiger partial charge is 0.481 e. The Morgan fingerprint density at radius 1 is 1.42 bits per heavy atom. The van der Waals surface area contributed by atoms with Gasteiger partial charge in [0.25, 0.3) is 5.69 Å². The molecule has 0 saturated carbocycles. The van der Waals surface area contributed by atoms with E-state index in [0.717, 1.165) is 5.01 Å². The molecule has 0 radical (unpaired) electrons. The number of carboxylic acid groups (broad SMARTS) is 1. The van der Waals surface area contributed by atoms with E-state index >= 15 is 0 Å². The lowest BCUT2D eigenvalue weighted by atomic mass is 10.1. The van der Waals surface area contributed by atoms with Crippen LogP contribution in [0.2, 0.25) is 0 Å². The van der Waals surface area contributed by atoms with Gasteiger partial charge in [0.1, 0.15) is 0 Å². The van der Waals surface area contributed by atoms with E-state index in [9.17, 15) is 14.9 Å². The Balaban J connectivity index is 2.40. The maximum Gasteiger partial charge on any atom is 0.308 e. The van der Waals surface area contributed by atoms with Crippen molar-refractivity contribution in [2.75, 3.05) is 0 Å². The summed E-state index contributed by atoms with van der Waals surface area (Å²) >= 11 is 1.32. The number of hydrogen-bond acceptors (Lipinski definition) is 5. The fourth-order valence-electron chi connectivity index (χ4n) is 1.69. The van der Waals surface area contributed by atoms with Crippen LogP contribution in [0.3, 0.4) is 0 Å². The summed E-state index contributed by atoms with van der Waals surface area (Å²) in [4.78, 5) is 25.8. The molecule has 6 nitrogen and oxygen atoms in total. The molecule has 19 heavy (non-hydrogen) atoms. The third-order valence-corrected chi connectivity index (χ3v) is 3.44. The van der Waals surface area contributed by atoms with E-state index in [4.69, 9.17) is 5.11 Å². The summed E-state index contributed by atoms with van der Waals surface area (Å²) in [6.45, 7) is 1.80. The van der Waals surface area contributed by atoms with Gasteiger partial charge in [-0.05, 0) is 19.1 Å². The second-order valence-corrected chi connectivity index (χ2v) is 5.17. The number of carbonyl (C=O) groups is 1. The predicted molar refractivity (Wildman–Crippen MR) is 70.3 cm³/mol. The normalized spacial score (nSPS) is 10.4. The zero-order chi connectivity index (χ0) is 14.0. The smallest absolute Gasteiger partial charge is 0.308 e. The van der Waals surface area contributed by atoms with Gasteiger partial charge in [-0.15, -0.1) is 11.3 Å². The molecule has 0 aliphatic rings. The van der Waals surface area contributed by atoms with Crippen molar-refractivity contribution in [1.82, 2.24) is 4.98 Å². The van der Waals surface area contributed by atoms with Crippen LogP contribution in [0.4, 0.5) is 5.69 Å². The molecule has 0 unspecified atom stereocenters. The zero-order valence-electron chi connectivity index (χ0n) is 9.99. The van der Waals surface area contributed by atoms with Crippen molar-refractivity contribution in [2.24, 2.45) is 0 Å². The molecule has 0 aliphatic heterocycles. The number of non-ortho nitro benzene ring substituents is 1. The Hall–Kier alpha value is -2.28. The quantitative estimate of drug-likeness (QED) is 0.685. The van der Waals surface area contributed by atoms with E-state index < -0.39 is 10.9 Å². The average Bonchev–Trinajstić information content (AvgIpc) is 2.69. The lowest BCUT2D eigenvalue weighted by molar-refractivity contribution is -0.384. The number of nitrogens with zero attached hydrogens (tertiary/aromatic N) is 2. The molecule has 2 rings (SSSR count). The first-order valence-corrected chi connectivity index (χ1v) is 6.22. The number of nitro benzene ring substituents is 1. The summed E-state index contributed by atoms with van der Waals surface area (Å²) < 4.78 is 0. The molecule has 0 aliphatic carbocycles. The molecule has 1 N–H and O–H groups in total. The number of carboxylic acids is 1. The van der Waals surface area contributed by atoms with Crippen molar-refractivity contribution in [3.8, 4) is 11.3 Å². The first kappa shape index (κ1) is 13.2. The summed E-state index contributed by atoms with van der Waals surface area (Å²) in [7, 11) is 0. The Labute approximate surface area is 112 Å². The first-order chi connectivity index (χ1) is 8.97. The van der Waals surface area contributed by atoms with Crippen LogP contribution in [0.15, 0.2) is 24.3 Å². The van der Waals surface area contributed by atoms with E-state index in [0.29, 0.717) is 16.1 Å². The molecular weight excluding hydrogens is 268 g/mol. The fourth-order valence-corrected chi connectivity index (χ4v) is 2.64. The summed E-state index contributed by atoms with van der Waals surface area (Å²) in [5.74, 6) is -0.924. The molecule has 0 bridgehead atoms. The van der Waals surface area contributed by atoms with Gasteiger partial charge in [-0.2, -0.15) is 0 Å². The molecule has 98 valence electrons. The molecule has 0 spiro atoms. The highest BCUT2D eigenvalue weighted by Crippen LogP contribution is 2.29. The van der Waals surface area contributed by atoms with Crippen molar-refractivity contribution < 1.29 is 14.8 Å². The van der Waals surface area contributed by atoms with Crippen molar-refractivity contribution >= 4 is 23.0 Å². The topological polar surface area (TPSA) is 93.3 Å². The van der Waals surface area contributed by atoms with Crippen molar-refractivity contribution in [2.45, 2.75) is 13.3 Å². The molecule has 1 aromatic heterocycles. The van der Waals surface area contributed by atoms with Gasteiger partial charge in [0.15, 0.2) is 0 Å². The SMILES string of the molecule is Cc1nc(-c2ccc([N+](=O)[O-])cc2)c(CC(=O)O)s1. The monoisotopic (exact) mass is 278 g/mol. The number of nitro groups is 1. The van der Waals surface area contributed by atoms with Crippen molar-refractivity contribution in [3.05, 3.63) is 44.3 Å². The average molecular weight is 278 g/mol. The number of benzene rings is 1. The van der Waals surface area contributed by atoms with Crippen LogP contribution in [0, 0.1) is 17.0 Å². The van der Waals surface area contributed by atoms with Crippen LogP contribution in [-0.2, 0) is 11.2 Å². The third kappa shape index (κ3) is 2.94. The van der Waals surface area contributed by atoms with Crippen LogP contribution in [0.25, 0.3) is 11.3 Å². The van der Waals surface area contributed by atoms with E-state index in [-0.39, 0.29) is 12.1 Å². The summed E-state index contributed by atoms with van der Waals surface area (Å²) in [5.41, 5.74) is 1.27. The van der Waals surface area contributed by atoms with Gasteiger partial charge in [-0.25, -0.2) is 4.98 Å². The molecule has 0 atom stereocenters. The van der Waals surface area contributed by atoms with Gasteiger partial charge in [-0.3, -0.25) is 14.9 Å².